The molecular weight excluding hydrogens is 384 g/mol. The fourth-order valence-corrected chi connectivity index (χ4v) is 5.45. The van der Waals surface area contributed by atoms with Crippen LogP contribution in [-0.2, 0) is 11.8 Å². The van der Waals surface area contributed by atoms with Crippen molar-refractivity contribution in [3.05, 3.63) is 29.5 Å². The molecule has 1 amide bonds. The van der Waals surface area contributed by atoms with E-state index >= 15 is 0 Å². The summed E-state index contributed by atoms with van der Waals surface area (Å²) in [5.41, 5.74) is 0.935. The zero-order valence-corrected chi connectivity index (χ0v) is 18.7. The number of thiazole rings is 1. The molecule has 0 aliphatic carbocycles. The number of carbonyl (C=O) groups excluding carboxylic acids is 1. The number of hydrogen-bond donors (Lipinski definition) is 1. The Bertz CT molecular complexity index is 819. The Labute approximate surface area is 177 Å². The predicted molar refractivity (Wildman–Crippen MR) is 116 cm³/mol. The highest BCUT2D eigenvalue weighted by Crippen LogP contribution is 2.42. The van der Waals surface area contributed by atoms with E-state index in [1.165, 1.54) is 0 Å². The first-order valence-corrected chi connectivity index (χ1v) is 11.4. The summed E-state index contributed by atoms with van der Waals surface area (Å²) in [5, 5.41) is 11.3. The van der Waals surface area contributed by atoms with Crippen LogP contribution in [0.4, 0.5) is 5.13 Å². The average Bonchev–Trinajstić information content (AvgIpc) is 3.39. The summed E-state index contributed by atoms with van der Waals surface area (Å²) in [6, 6.07) is 0.582. The lowest BCUT2D eigenvalue weighted by Crippen LogP contribution is -2.46. The standard InChI is InChI=1S/C21H32N6OS/c1-21(2,3)27-18(28)11-15(19(27)16-13-24-25(4)14-16)12-23-17-5-8-26(9-6-17)20-22-7-10-29-20/h7,10,13-15,17,19,23H,5-6,8-9,11-12H2,1-4H3/t15-,19+/m0/s1. The highest BCUT2D eigenvalue weighted by atomic mass is 32.1. The smallest absolute Gasteiger partial charge is 0.223 e. The Kier molecular flexibility index (Phi) is 5.66. The van der Waals surface area contributed by atoms with E-state index in [-0.39, 0.29) is 23.4 Å². The quantitative estimate of drug-likeness (QED) is 0.812. The van der Waals surface area contributed by atoms with Gasteiger partial charge in [-0.3, -0.25) is 9.48 Å². The second-order valence-electron chi connectivity index (χ2n) is 9.28. The van der Waals surface area contributed by atoms with Crippen LogP contribution in [0, 0.1) is 5.92 Å². The second-order valence-corrected chi connectivity index (χ2v) is 10.1. The van der Waals surface area contributed by atoms with Gasteiger partial charge in [0, 0.05) is 73.9 Å². The summed E-state index contributed by atoms with van der Waals surface area (Å²) in [6.07, 6.45) is 8.67. The fraction of sp³-hybridized carbons (Fsp3) is 0.667. The number of hydrogen-bond acceptors (Lipinski definition) is 6. The molecule has 0 bridgehead atoms. The number of likely N-dealkylation sites (tertiary alicyclic amines) is 1. The van der Waals surface area contributed by atoms with Crippen molar-refractivity contribution in [3.8, 4) is 0 Å². The van der Waals surface area contributed by atoms with Gasteiger partial charge in [0.2, 0.25) is 5.91 Å². The van der Waals surface area contributed by atoms with Gasteiger partial charge < -0.3 is 15.1 Å². The van der Waals surface area contributed by atoms with Crippen molar-refractivity contribution >= 4 is 22.4 Å². The molecule has 0 spiro atoms. The van der Waals surface area contributed by atoms with Crippen LogP contribution in [0.2, 0.25) is 0 Å². The Morgan fingerprint density at radius 2 is 2.03 bits per heavy atom. The van der Waals surface area contributed by atoms with Crippen molar-refractivity contribution in [2.24, 2.45) is 13.0 Å². The molecule has 4 rings (SSSR count). The van der Waals surface area contributed by atoms with Gasteiger partial charge in [0.15, 0.2) is 5.13 Å². The lowest BCUT2D eigenvalue weighted by Gasteiger charge is -2.39. The number of anilines is 1. The van der Waals surface area contributed by atoms with Crippen LogP contribution in [0.3, 0.4) is 0 Å². The molecule has 1 N–H and O–H groups in total. The van der Waals surface area contributed by atoms with E-state index in [0.717, 1.165) is 43.2 Å². The molecule has 0 radical (unpaired) electrons. The highest BCUT2D eigenvalue weighted by Gasteiger charge is 2.45. The molecule has 2 aromatic heterocycles. The summed E-state index contributed by atoms with van der Waals surface area (Å²) in [6.45, 7) is 9.30. The summed E-state index contributed by atoms with van der Waals surface area (Å²) in [4.78, 5) is 21.8. The third kappa shape index (κ3) is 4.33. The Balaban J connectivity index is 1.40. The fourth-order valence-electron chi connectivity index (χ4n) is 4.75. The average molecular weight is 417 g/mol. The van der Waals surface area contributed by atoms with E-state index in [1.54, 1.807) is 11.3 Å². The summed E-state index contributed by atoms with van der Waals surface area (Å²) < 4.78 is 1.83. The number of aromatic nitrogens is 3. The van der Waals surface area contributed by atoms with Gasteiger partial charge in [-0.15, -0.1) is 11.3 Å². The van der Waals surface area contributed by atoms with Gasteiger partial charge >= 0.3 is 0 Å². The number of piperidine rings is 1. The van der Waals surface area contributed by atoms with Crippen LogP contribution >= 0.6 is 11.3 Å². The summed E-state index contributed by atoms with van der Waals surface area (Å²) in [5.74, 6) is 0.514. The molecule has 0 unspecified atom stereocenters. The molecule has 2 aromatic rings. The van der Waals surface area contributed by atoms with E-state index in [0.29, 0.717) is 12.5 Å². The van der Waals surface area contributed by atoms with Crippen molar-refractivity contribution in [1.29, 1.82) is 0 Å². The predicted octanol–water partition coefficient (Wildman–Crippen LogP) is 2.82. The number of carbonyl (C=O) groups is 1. The molecule has 158 valence electrons. The van der Waals surface area contributed by atoms with Crippen LogP contribution in [-0.4, -0.2) is 56.8 Å². The van der Waals surface area contributed by atoms with Crippen LogP contribution in [0.5, 0.6) is 0 Å². The maximum Gasteiger partial charge on any atom is 0.223 e. The minimum absolute atomic E-state index is 0.0825. The van der Waals surface area contributed by atoms with E-state index in [1.807, 2.05) is 29.5 Å². The van der Waals surface area contributed by atoms with Crippen molar-refractivity contribution in [3.63, 3.8) is 0 Å². The van der Waals surface area contributed by atoms with Gasteiger partial charge in [0.25, 0.3) is 0 Å². The Morgan fingerprint density at radius 1 is 1.28 bits per heavy atom. The molecule has 29 heavy (non-hydrogen) atoms. The topological polar surface area (TPSA) is 66.3 Å². The van der Waals surface area contributed by atoms with Gasteiger partial charge in [0.05, 0.1) is 12.2 Å². The molecule has 2 saturated heterocycles. The zero-order chi connectivity index (χ0) is 20.6. The first-order valence-electron chi connectivity index (χ1n) is 10.5. The lowest BCUT2D eigenvalue weighted by molar-refractivity contribution is -0.133. The summed E-state index contributed by atoms with van der Waals surface area (Å²) in [7, 11) is 1.94. The molecule has 0 aromatic carbocycles. The largest absolute Gasteiger partial charge is 0.348 e. The Hall–Kier alpha value is -1.93. The van der Waals surface area contributed by atoms with Gasteiger partial charge in [-0.2, -0.15) is 5.10 Å². The molecule has 2 aliphatic rings. The van der Waals surface area contributed by atoms with Crippen molar-refractivity contribution in [2.45, 2.75) is 57.7 Å². The monoisotopic (exact) mass is 416 g/mol. The first kappa shape index (κ1) is 20.3. The molecule has 8 heteroatoms. The van der Waals surface area contributed by atoms with E-state index in [4.69, 9.17) is 0 Å². The summed E-state index contributed by atoms with van der Waals surface area (Å²) >= 11 is 1.71. The minimum atomic E-state index is -0.203. The van der Waals surface area contributed by atoms with Crippen LogP contribution in [0.1, 0.15) is 51.6 Å². The van der Waals surface area contributed by atoms with E-state index in [2.05, 4.69) is 52.2 Å². The second kappa shape index (κ2) is 8.07. The number of nitrogens with zero attached hydrogens (tertiary/aromatic N) is 5. The van der Waals surface area contributed by atoms with E-state index in [9.17, 15) is 4.79 Å². The van der Waals surface area contributed by atoms with E-state index < -0.39 is 0 Å². The van der Waals surface area contributed by atoms with Crippen molar-refractivity contribution in [1.82, 2.24) is 25.0 Å². The van der Waals surface area contributed by atoms with Crippen molar-refractivity contribution < 1.29 is 4.79 Å². The van der Waals surface area contributed by atoms with Crippen LogP contribution in [0.25, 0.3) is 0 Å². The molecule has 2 aliphatic heterocycles. The molecule has 0 saturated carbocycles. The molecule has 2 atom stereocenters. The maximum atomic E-state index is 12.9. The van der Waals surface area contributed by atoms with Gasteiger partial charge in [-0.05, 0) is 33.6 Å². The SMILES string of the molecule is Cn1cc([C@H]2[C@H](CNC3CCN(c4nccs4)CC3)CC(=O)N2C(C)(C)C)cn1. The molecule has 2 fully saturated rings. The third-order valence-electron chi connectivity index (χ3n) is 6.07. The number of amides is 1. The van der Waals surface area contributed by atoms with Crippen molar-refractivity contribution in [2.75, 3.05) is 24.5 Å². The maximum absolute atomic E-state index is 12.9. The van der Waals surface area contributed by atoms with Crippen LogP contribution in [0.15, 0.2) is 24.0 Å². The van der Waals surface area contributed by atoms with Gasteiger partial charge in [-0.25, -0.2) is 4.98 Å². The normalized spacial score (nSPS) is 23.9. The van der Waals surface area contributed by atoms with Gasteiger partial charge in [0.1, 0.15) is 0 Å². The number of aryl methyl sites for hydroxylation is 1. The molecule has 7 nitrogen and oxygen atoms in total. The van der Waals surface area contributed by atoms with Gasteiger partial charge in [-0.1, -0.05) is 0 Å². The first-order chi connectivity index (χ1) is 13.8. The third-order valence-corrected chi connectivity index (χ3v) is 6.90. The zero-order valence-electron chi connectivity index (χ0n) is 17.8. The lowest BCUT2D eigenvalue weighted by atomic mass is 9.92. The Morgan fingerprint density at radius 3 is 2.62 bits per heavy atom. The highest BCUT2D eigenvalue weighted by molar-refractivity contribution is 7.13. The molecular formula is C21H32N6OS. The minimum Gasteiger partial charge on any atom is -0.348 e. The number of nitrogens with one attached hydrogen (secondary N) is 1. The van der Waals surface area contributed by atoms with Crippen LogP contribution < -0.4 is 10.2 Å². The number of rotatable bonds is 5. The molecule has 4 heterocycles.